The Hall–Kier alpha value is -3.74. The number of hydrogen-bond acceptors (Lipinski definition) is 9. The minimum atomic E-state index is -0.574. The topological polar surface area (TPSA) is 101 Å². The van der Waals surface area contributed by atoms with Crippen molar-refractivity contribution in [2.75, 3.05) is 20.2 Å². The molecule has 0 saturated carbocycles. The average molecular weight is 526 g/mol. The summed E-state index contributed by atoms with van der Waals surface area (Å²) in [5, 5.41) is 5.07. The van der Waals surface area contributed by atoms with Crippen molar-refractivity contribution in [3.05, 3.63) is 72.4 Å². The Kier molecular flexibility index (Phi) is 7.78. The second-order valence-corrected chi connectivity index (χ2v) is 9.05. The van der Waals surface area contributed by atoms with Crippen molar-refractivity contribution in [2.45, 2.75) is 30.4 Å². The zero-order valence-corrected chi connectivity index (χ0v) is 20.8. The van der Waals surface area contributed by atoms with Gasteiger partial charge in [0.25, 0.3) is 0 Å². The molecule has 2 aromatic carbocycles. The molecule has 1 fully saturated rings. The van der Waals surface area contributed by atoms with Gasteiger partial charge in [-0.2, -0.15) is 9.43 Å². The highest BCUT2D eigenvalue weighted by molar-refractivity contribution is 7.94. The quantitative estimate of drug-likeness (QED) is 0.172. The van der Waals surface area contributed by atoms with Gasteiger partial charge in [0.2, 0.25) is 5.88 Å². The molecule has 1 amide bonds. The fourth-order valence-corrected chi connectivity index (χ4v) is 4.51. The zero-order valence-electron chi connectivity index (χ0n) is 19.9. The summed E-state index contributed by atoms with van der Waals surface area (Å²) in [5.41, 5.74) is 1.53. The fraction of sp³-hybridized carbons (Fsp3) is 0.280. The van der Waals surface area contributed by atoms with Crippen LogP contribution in [0.4, 0.5) is 9.18 Å². The van der Waals surface area contributed by atoms with E-state index in [2.05, 4.69) is 20.0 Å². The van der Waals surface area contributed by atoms with Gasteiger partial charge in [-0.3, -0.25) is 0 Å². The molecule has 0 bridgehead atoms. The van der Waals surface area contributed by atoms with Gasteiger partial charge < -0.3 is 14.4 Å². The van der Waals surface area contributed by atoms with E-state index in [9.17, 15) is 9.18 Å². The predicted molar refractivity (Wildman–Crippen MR) is 132 cm³/mol. The van der Waals surface area contributed by atoms with Gasteiger partial charge in [-0.25, -0.2) is 28.7 Å². The van der Waals surface area contributed by atoms with Crippen LogP contribution in [0.3, 0.4) is 0 Å². The second kappa shape index (κ2) is 11.5. The third kappa shape index (κ3) is 5.82. The molecule has 37 heavy (non-hydrogen) atoms. The first-order valence-electron chi connectivity index (χ1n) is 11.6. The molecule has 1 aliphatic heterocycles. The van der Waals surface area contributed by atoms with Crippen LogP contribution in [0.25, 0.3) is 11.0 Å². The third-order valence-corrected chi connectivity index (χ3v) is 6.59. The first-order chi connectivity index (χ1) is 18.1. The van der Waals surface area contributed by atoms with Crippen molar-refractivity contribution < 1.29 is 27.9 Å². The molecule has 2 aromatic heterocycles. The number of carbonyl (C=O) groups excluding carboxylic acids is 1. The lowest BCUT2D eigenvalue weighted by molar-refractivity contribution is -0.160. The van der Waals surface area contributed by atoms with Gasteiger partial charge >= 0.3 is 6.09 Å². The molecule has 12 heteroatoms. The maximum atomic E-state index is 14.6. The fourth-order valence-electron chi connectivity index (χ4n) is 4.09. The summed E-state index contributed by atoms with van der Waals surface area (Å²) in [4.78, 5) is 27.8. The molecular formula is C25H24FN5O5S. The summed E-state index contributed by atoms with van der Waals surface area (Å²) >= 11 is 0.886. The molecule has 0 spiro atoms. The molecule has 1 saturated heterocycles. The van der Waals surface area contributed by atoms with Crippen molar-refractivity contribution >= 4 is 29.2 Å². The number of rotatable bonds is 8. The van der Waals surface area contributed by atoms with Gasteiger partial charge in [-0.05, 0) is 36.6 Å². The van der Waals surface area contributed by atoms with Crippen LogP contribution in [0.1, 0.15) is 24.4 Å². The predicted octanol–water partition coefficient (Wildman–Crippen LogP) is 5.32. The molecule has 0 radical (unpaired) electrons. The molecule has 3 heterocycles. The molecular weight excluding hydrogens is 501 g/mol. The summed E-state index contributed by atoms with van der Waals surface area (Å²) in [6.45, 7) is 1.32. The van der Waals surface area contributed by atoms with Gasteiger partial charge in [0, 0.05) is 18.0 Å². The molecule has 192 valence electrons. The Morgan fingerprint density at radius 3 is 2.70 bits per heavy atom. The first kappa shape index (κ1) is 24.9. The highest BCUT2D eigenvalue weighted by Gasteiger charge is 2.27. The van der Waals surface area contributed by atoms with E-state index in [1.54, 1.807) is 17.2 Å². The lowest BCUT2D eigenvalue weighted by Gasteiger charge is -2.31. The van der Waals surface area contributed by atoms with Crippen LogP contribution in [0.2, 0.25) is 0 Å². The number of piperidine rings is 1. The molecule has 0 N–H and O–H groups in total. The van der Waals surface area contributed by atoms with Gasteiger partial charge in [-0.1, -0.05) is 30.3 Å². The number of ether oxygens (including phenoxy) is 2. The maximum absolute atomic E-state index is 14.6. The number of benzene rings is 2. The van der Waals surface area contributed by atoms with Gasteiger partial charge in [0.15, 0.2) is 17.2 Å². The highest BCUT2D eigenvalue weighted by atomic mass is 32.2. The molecule has 5 rings (SSSR count). The summed E-state index contributed by atoms with van der Waals surface area (Å²) in [7, 11) is 1.37. The number of halogens is 1. The molecule has 0 aliphatic carbocycles. The Morgan fingerprint density at radius 2 is 1.95 bits per heavy atom. The second-order valence-electron chi connectivity index (χ2n) is 8.28. The van der Waals surface area contributed by atoms with Crippen LogP contribution in [0, 0.1) is 5.82 Å². The van der Waals surface area contributed by atoms with E-state index < -0.39 is 5.82 Å². The van der Waals surface area contributed by atoms with Gasteiger partial charge in [0.1, 0.15) is 18.3 Å². The Balaban J connectivity index is 1.23. The van der Waals surface area contributed by atoms with Crippen molar-refractivity contribution in [1.82, 2.24) is 24.6 Å². The van der Waals surface area contributed by atoms with Crippen molar-refractivity contribution in [1.29, 1.82) is 0 Å². The van der Waals surface area contributed by atoms with Crippen LogP contribution in [0.15, 0.2) is 66.0 Å². The Labute approximate surface area is 216 Å². The van der Waals surface area contributed by atoms with Crippen molar-refractivity contribution in [2.24, 2.45) is 0 Å². The van der Waals surface area contributed by atoms with E-state index in [1.165, 1.54) is 25.6 Å². The smallest absolute Gasteiger partial charge is 0.410 e. The third-order valence-electron chi connectivity index (χ3n) is 5.94. The molecule has 0 unspecified atom stereocenters. The summed E-state index contributed by atoms with van der Waals surface area (Å²) < 4.78 is 32.4. The minimum Gasteiger partial charge on any atom is -0.445 e. The van der Waals surface area contributed by atoms with E-state index in [4.69, 9.17) is 13.8 Å². The largest absolute Gasteiger partial charge is 0.445 e. The number of carbonyl (C=O) groups is 1. The standard InChI is InChI=1S/C25H24FN5O5S/c1-33-36-37-19-7-8-22(21(26)13-19)35-24-20-14-29-31(23(20)27-16-28-24)18-9-11-30(12-10-18)25(32)34-15-17-5-3-2-4-6-17/h2-8,13-14,16,18H,9-12,15H2,1H3. The lowest BCUT2D eigenvalue weighted by atomic mass is 10.1. The maximum Gasteiger partial charge on any atom is 0.410 e. The summed E-state index contributed by atoms with van der Waals surface area (Å²) in [6.07, 6.45) is 4.02. The number of likely N-dealkylation sites (tertiary alicyclic amines) is 1. The summed E-state index contributed by atoms with van der Waals surface area (Å²) in [5.74, 6) is -0.363. The molecule has 1 aliphatic rings. The van der Waals surface area contributed by atoms with Crippen LogP contribution >= 0.6 is 12.0 Å². The van der Waals surface area contributed by atoms with Crippen molar-refractivity contribution in [3.8, 4) is 11.6 Å². The van der Waals surface area contributed by atoms with E-state index in [1.807, 2.05) is 35.0 Å². The Bertz CT molecular complexity index is 1360. The van der Waals surface area contributed by atoms with Gasteiger partial charge in [-0.15, -0.1) is 0 Å². The van der Waals surface area contributed by atoms with Crippen LogP contribution in [-0.4, -0.2) is 50.9 Å². The SMILES string of the molecule is COOSc1ccc(Oc2ncnc3c2cnn3C2CCN(C(=O)OCc3ccccc3)CC2)c(F)c1. The van der Waals surface area contributed by atoms with E-state index >= 15 is 0 Å². The number of fused-ring (bicyclic) bond motifs is 1. The molecule has 0 atom stereocenters. The highest BCUT2D eigenvalue weighted by Crippen LogP contribution is 2.33. The summed E-state index contributed by atoms with van der Waals surface area (Å²) in [6, 6.07) is 14.0. The van der Waals surface area contributed by atoms with E-state index in [0.29, 0.717) is 41.9 Å². The van der Waals surface area contributed by atoms with Crippen LogP contribution in [0.5, 0.6) is 11.6 Å². The number of aromatic nitrogens is 4. The number of amides is 1. The van der Waals surface area contributed by atoms with Crippen LogP contribution < -0.4 is 4.74 Å². The molecule has 10 nitrogen and oxygen atoms in total. The molecule has 4 aromatic rings. The van der Waals surface area contributed by atoms with E-state index in [-0.39, 0.29) is 30.4 Å². The minimum absolute atomic E-state index is 0.0110. The number of hydrogen-bond donors (Lipinski definition) is 0. The van der Waals surface area contributed by atoms with E-state index in [0.717, 1.165) is 17.6 Å². The monoisotopic (exact) mass is 525 g/mol. The first-order valence-corrected chi connectivity index (χ1v) is 12.3. The van der Waals surface area contributed by atoms with Gasteiger partial charge in [0.05, 0.1) is 31.4 Å². The number of nitrogens with zero attached hydrogens (tertiary/aromatic N) is 5. The van der Waals surface area contributed by atoms with Crippen molar-refractivity contribution in [3.63, 3.8) is 0 Å². The Morgan fingerprint density at radius 1 is 1.14 bits per heavy atom. The normalized spacial score (nSPS) is 14.2. The zero-order chi connectivity index (χ0) is 25.6. The van der Waals surface area contributed by atoms with Crippen LogP contribution in [-0.2, 0) is 20.6 Å². The lowest BCUT2D eigenvalue weighted by Crippen LogP contribution is -2.39. The average Bonchev–Trinajstić information content (AvgIpc) is 3.38.